The number of carbonyl (C=O) groups excluding carboxylic acids is 1. The molecule has 0 spiro atoms. The number of rotatable bonds is 6. The average molecular weight is 264 g/mol. The molecule has 0 saturated heterocycles. The van der Waals surface area contributed by atoms with Crippen molar-refractivity contribution in [3.05, 3.63) is 23.3 Å². The summed E-state index contributed by atoms with van der Waals surface area (Å²) >= 11 is 0. The molecule has 1 atom stereocenters. The lowest BCUT2D eigenvalue weighted by molar-refractivity contribution is -0.117. The van der Waals surface area contributed by atoms with Crippen LogP contribution >= 0.6 is 0 Å². The Bertz CT molecular complexity index is 444. The first-order chi connectivity index (χ1) is 9.01. The average Bonchev–Trinajstić information content (AvgIpc) is 2.39. The summed E-state index contributed by atoms with van der Waals surface area (Å²) in [4.78, 5) is 12.0. The lowest BCUT2D eigenvalue weighted by Crippen LogP contribution is -2.35. The number of methoxy groups -OCH3 is 1. The van der Waals surface area contributed by atoms with Gasteiger partial charge in [-0.1, -0.05) is 25.8 Å². The van der Waals surface area contributed by atoms with Crippen molar-refractivity contribution >= 4 is 11.6 Å². The van der Waals surface area contributed by atoms with Crippen LogP contribution in [0.4, 0.5) is 5.69 Å². The van der Waals surface area contributed by atoms with E-state index in [1.165, 1.54) is 0 Å². The lowest BCUT2D eigenvalue weighted by atomic mass is 10.1. The van der Waals surface area contributed by atoms with E-state index >= 15 is 0 Å². The van der Waals surface area contributed by atoms with E-state index in [1.54, 1.807) is 7.11 Å². The molecule has 3 N–H and O–H groups in total. The number of ether oxygens (including phenoxy) is 1. The monoisotopic (exact) mass is 264 g/mol. The van der Waals surface area contributed by atoms with Gasteiger partial charge in [-0.15, -0.1) is 0 Å². The molecule has 0 aliphatic rings. The van der Waals surface area contributed by atoms with Crippen LogP contribution in [0.5, 0.6) is 5.75 Å². The fourth-order valence-electron chi connectivity index (χ4n) is 2.06. The first kappa shape index (κ1) is 15.5. The van der Waals surface area contributed by atoms with Gasteiger partial charge in [0.1, 0.15) is 5.75 Å². The molecule has 4 heteroatoms. The van der Waals surface area contributed by atoms with Crippen molar-refractivity contribution in [1.82, 2.24) is 0 Å². The van der Waals surface area contributed by atoms with Crippen LogP contribution in [0, 0.1) is 13.8 Å². The Morgan fingerprint density at radius 3 is 2.68 bits per heavy atom. The largest absolute Gasteiger partial charge is 0.496 e. The molecule has 106 valence electrons. The van der Waals surface area contributed by atoms with Crippen LogP contribution in [0.25, 0.3) is 0 Å². The minimum atomic E-state index is -0.452. The molecule has 0 heterocycles. The van der Waals surface area contributed by atoms with Gasteiger partial charge in [-0.3, -0.25) is 4.79 Å². The van der Waals surface area contributed by atoms with Crippen LogP contribution in [0.2, 0.25) is 0 Å². The number of anilines is 1. The Morgan fingerprint density at radius 1 is 1.42 bits per heavy atom. The maximum Gasteiger partial charge on any atom is 0.241 e. The second-order valence-electron chi connectivity index (χ2n) is 4.83. The number of amides is 1. The second kappa shape index (κ2) is 7.14. The number of benzene rings is 1. The van der Waals surface area contributed by atoms with Crippen molar-refractivity contribution in [2.45, 2.75) is 46.1 Å². The molecule has 0 aliphatic heterocycles. The molecule has 0 radical (unpaired) electrons. The molecule has 1 amide bonds. The minimum absolute atomic E-state index is 0.137. The highest BCUT2D eigenvalue weighted by molar-refractivity contribution is 5.95. The molecule has 1 rings (SSSR count). The smallest absolute Gasteiger partial charge is 0.241 e. The van der Waals surface area contributed by atoms with E-state index in [-0.39, 0.29) is 5.91 Å². The Labute approximate surface area is 115 Å². The van der Waals surface area contributed by atoms with Crippen LogP contribution in [0.3, 0.4) is 0 Å². The van der Waals surface area contributed by atoms with Gasteiger partial charge < -0.3 is 15.8 Å². The van der Waals surface area contributed by atoms with Gasteiger partial charge in [0.25, 0.3) is 0 Å². The molecule has 4 nitrogen and oxygen atoms in total. The van der Waals surface area contributed by atoms with E-state index in [2.05, 4.69) is 12.2 Å². The van der Waals surface area contributed by atoms with E-state index in [1.807, 2.05) is 26.0 Å². The molecule has 1 aromatic rings. The van der Waals surface area contributed by atoms with Gasteiger partial charge in [0.15, 0.2) is 0 Å². The summed E-state index contributed by atoms with van der Waals surface area (Å²) in [6, 6.07) is 3.36. The Hall–Kier alpha value is -1.55. The summed E-state index contributed by atoms with van der Waals surface area (Å²) in [7, 11) is 1.63. The normalized spacial score (nSPS) is 12.1. The summed E-state index contributed by atoms with van der Waals surface area (Å²) in [5.74, 6) is 0.669. The molecular formula is C15H24N2O2. The van der Waals surface area contributed by atoms with E-state index < -0.39 is 6.04 Å². The first-order valence-electron chi connectivity index (χ1n) is 6.71. The summed E-state index contributed by atoms with van der Waals surface area (Å²) in [6.45, 7) is 5.99. The zero-order valence-corrected chi connectivity index (χ0v) is 12.2. The van der Waals surface area contributed by atoms with E-state index in [0.29, 0.717) is 6.42 Å². The molecule has 0 aromatic heterocycles. The minimum Gasteiger partial charge on any atom is -0.496 e. The summed E-state index contributed by atoms with van der Waals surface area (Å²) < 4.78 is 5.34. The third-order valence-corrected chi connectivity index (χ3v) is 3.27. The van der Waals surface area contributed by atoms with Crippen molar-refractivity contribution in [1.29, 1.82) is 0 Å². The third-order valence-electron chi connectivity index (χ3n) is 3.27. The van der Waals surface area contributed by atoms with Crippen molar-refractivity contribution in [2.24, 2.45) is 5.73 Å². The van der Waals surface area contributed by atoms with E-state index in [9.17, 15) is 4.79 Å². The van der Waals surface area contributed by atoms with Crippen LogP contribution in [-0.4, -0.2) is 19.1 Å². The van der Waals surface area contributed by atoms with E-state index in [4.69, 9.17) is 10.5 Å². The highest BCUT2D eigenvalue weighted by Crippen LogP contribution is 2.29. The topological polar surface area (TPSA) is 64.4 Å². The van der Waals surface area contributed by atoms with Crippen LogP contribution in [0.15, 0.2) is 12.1 Å². The highest BCUT2D eigenvalue weighted by atomic mass is 16.5. The number of hydrogen-bond acceptors (Lipinski definition) is 3. The number of unbranched alkanes of at least 4 members (excludes halogenated alkanes) is 1. The van der Waals surface area contributed by atoms with Crippen LogP contribution in [-0.2, 0) is 4.79 Å². The predicted molar refractivity (Wildman–Crippen MR) is 78.6 cm³/mol. The summed E-state index contributed by atoms with van der Waals surface area (Å²) in [5, 5.41) is 2.88. The Balaban J connectivity index is 2.80. The standard InChI is InChI=1S/C15H24N2O2/c1-5-6-7-12(16)15(18)17-13-9-8-10(2)14(19-4)11(13)3/h8-9,12H,5-7,16H2,1-4H3,(H,17,18)/t12-/m0/s1. The lowest BCUT2D eigenvalue weighted by Gasteiger charge is -2.16. The zero-order chi connectivity index (χ0) is 14.4. The van der Waals surface area contributed by atoms with Crippen molar-refractivity contribution < 1.29 is 9.53 Å². The van der Waals surface area contributed by atoms with Gasteiger partial charge in [-0.2, -0.15) is 0 Å². The summed E-state index contributed by atoms with van der Waals surface area (Å²) in [6.07, 6.45) is 2.72. The van der Waals surface area contributed by atoms with Gasteiger partial charge >= 0.3 is 0 Å². The molecule has 0 fully saturated rings. The molecule has 0 saturated carbocycles. The Kier molecular flexibility index (Phi) is 5.83. The zero-order valence-electron chi connectivity index (χ0n) is 12.2. The SMILES string of the molecule is CCCC[C@H](N)C(=O)Nc1ccc(C)c(OC)c1C. The summed E-state index contributed by atoms with van der Waals surface area (Å²) in [5.41, 5.74) is 8.60. The van der Waals surface area contributed by atoms with Gasteiger partial charge in [-0.05, 0) is 31.9 Å². The van der Waals surface area contributed by atoms with Crippen LogP contribution < -0.4 is 15.8 Å². The fourth-order valence-corrected chi connectivity index (χ4v) is 2.06. The first-order valence-corrected chi connectivity index (χ1v) is 6.71. The number of hydrogen-bond donors (Lipinski definition) is 2. The molecule has 0 bridgehead atoms. The molecule has 19 heavy (non-hydrogen) atoms. The molecular weight excluding hydrogens is 240 g/mol. The predicted octanol–water partition coefficient (Wildman–Crippen LogP) is 2.77. The maximum absolute atomic E-state index is 12.0. The number of nitrogens with one attached hydrogen (secondary N) is 1. The number of aryl methyl sites for hydroxylation is 1. The van der Waals surface area contributed by atoms with Gasteiger partial charge in [0.2, 0.25) is 5.91 Å². The Morgan fingerprint density at radius 2 is 2.11 bits per heavy atom. The highest BCUT2D eigenvalue weighted by Gasteiger charge is 2.15. The molecule has 1 aromatic carbocycles. The van der Waals surface area contributed by atoms with Gasteiger partial charge in [-0.25, -0.2) is 0 Å². The third kappa shape index (κ3) is 3.96. The van der Waals surface area contributed by atoms with Crippen molar-refractivity contribution in [2.75, 3.05) is 12.4 Å². The van der Waals surface area contributed by atoms with Crippen molar-refractivity contribution in [3.63, 3.8) is 0 Å². The second-order valence-corrected chi connectivity index (χ2v) is 4.83. The van der Waals surface area contributed by atoms with Crippen LogP contribution in [0.1, 0.15) is 37.3 Å². The number of nitrogens with two attached hydrogens (primary N) is 1. The van der Waals surface area contributed by atoms with E-state index in [0.717, 1.165) is 35.4 Å². The fraction of sp³-hybridized carbons (Fsp3) is 0.533. The van der Waals surface area contributed by atoms with Crippen molar-refractivity contribution in [3.8, 4) is 5.75 Å². The number of carbonyl (C=O) groups is 1. The maximum atomic E-state index is 12.0. The van der Waals surface area contributed by atoms with Gasteiger partial charge in [0, 0.05) is 11.3 Å². The molecule has 0 unspecified atom stereocenters. The quantitative estimate of drug-likeness (QED) is 0.830. The molecule has 0 aliphatic carbocycles. The van der Waals surface area contributed by atoms with Gasteiger partial charge in [0.05, 0.1) is 13.2 Å².